The molecule has 0 spiro atoms. The third kappa shape index (κ3) is 3.83. The second-order valence-electron chi connectivity index (χ2n) is 5.67. The van der Waals surface area contributed by atoms with Crippen molar-refractivity contribution in [3.8, 4) is 11.5 Å². The maximum atomic E-state index is 12.4. The molecule has 0 saturated heterocycles. The maximum absolute atomic E-state index is 12.4. The number of carbonyl (C=O) groups excluding carboxylic acids is 2. The van der Waals surface area contributed by atoms with Gasteiger partial charge >= 0.3 is 5.97 Å². The standard InChI is InChI=1S/C21H18O5/c1-14(21(23)24-2)25-16-11-12-17-19(13-16)26-18(20(17)22)10-6-9-15-7-4-3-5-8-15/h3-14H,1-2H3/b9-6+,18-10-/t14-/m0/s1. The van der Waals surface area contributed by atoms with Crippen LogP contribution in [0.25, 0.3) is 6.08 Å². The fourth-order valence-electron chi connectivity index (χ4n) is 2.48. The second kappa shape index (κ2) is 7.70. The minimum Gasteiger partial charge on any atom is -0.479 e. The normalized spacial score (nSPS) is 15.6. The van der Waals surface area contributed by atoms with Crippen molar-refractivity contribution in [1.82, 2.24) is 0 Å². The predicted octanol–water partition coefficient (Wildman–Crippen LogP) is 3.80. The molecular formula is C21H18O5. The predicted molar refractivity (Wildman–Crippen MR) is 97.1 cm³/mol. The molecule has 0 bridgehead atoms. The van der Waals surface area contributed by atoms with E-state index in [4.69, 9.17) is 9.47 Å². The summed E-state index contributed by atoms with van der Waals surface area (Å²) in [6.45, 7) is 1.59. The smallest absolute Gasteiger partial charge is 0.346 e. The molecule has 0 amide bonds. The molecule has 26 heavy (non-hydrogen) atoms. The lowest BCUT2D eigenvalue weighted by Gasteiger charge is -2.12. The quantitative estimate of drug-likeness (QED) is 0.606. The van der Waals surface area contributed by atoms with E-state index >= 15 is 0 Å². The van der Waals surface area contributed by atoms with E-state index in [0.29, 0.717) is 17.1 Å². The van der Waals surface area contributed by atoms with Gasteiger partial charge in [0.25, 0.3) is 0 Å². The van der Waals surface area contributed by atoms with Crippen LogP contribution < -0.4 is 9.47 Å². The van der Waals surface area contributed by atoms with Crippen molar-refractivity contribution in [3.63, 3.8) is 0 Å². The Kier molecular flexibility index (Phi) is 5.17. The van der Waals surface area contributed by atoms with Gasteiger partial charge in [0.1, 0.15) is 11.5 Å². The van der Waals surface area contributed by atoms with Crippen LogP contribution in [0.4, 0.5) is 0 Å². The molecule has 2 aromatic carbocycles. The summed E-state index contributed by atoms with van der Waals surface area (Å²) in [7, 11) is 1.30. The van der Waals surface area contributed by atoms with Gasteiger partial charge < -0.3 is 14.2 Å². The van der Waals surface area contributed by atoms with Crippen LogP contribution in [0.2, 0.25) is 0 Å². The Morgan fingerprint density at radius 2 is 1.92 bits per heavy atom. The molecule has 5 nitrogen and oxygen atoms in total. The first kappa shape index (κ1) is 17.5. The van der Waals surface area contributed by atoms with Crippen LogP contribution in [-0.2, 0) is 9.53 Å². The summed E-state index contributed by atoms with van der Waals surface area (Å²) in [4.78, 5) is 23.8. The van der Waals surface area contributed by atoms with Crippen molar-refractivity contribution < 1.29 is 23.8 Å². The lowest BCUT2D eigenvalue weighted by molar-refractivity contribution is -0.147. The molecule has 0 aliphatic carbocycles. The van der Waals surface area contributed by atoms with Gasteiger partial charge in [-0.1, -0.05) is 42.5 Å². The topological polar surface area (TPSA) is 61.8 Å². The molecular weight excluding hydrogens is 332 g/mol. The second-order valence-corrected chi connectivity index (χ2v) is 5.67. The molecule has 0 unspecified atom stereocenters. The van der Waals surface area contributed by atoms with E-state index in [1.54, 1.807) is 37.3 Å². The lowest BCUT2D eigenvalue weighted by Crippen LogP contribution is -2.24. The molecule has 3 rings (SSSR count). The third-order valence-corrected chi connectivity index (χ3v) is 3.82. The number of methoxy groups -OCH3 is 1. The minimum absolute atomic E-state index is 0.190. The first-order chi connectivity index (χ1) is 12.6. The van der Waals surface area contributed by atoms with Crippen LogP contribution in [0.3, 0.4) is 0 Å². The van der Waals surface area contributed by atoms with Gasteiger partial charge in [0, 0.05) is 6.07 Å². The molecule has 0 fully saturated rings. The number of hydrogen-bond donors (Lipinski definition) is 0. The molecule has 0 aromatic heterocycles. The average molecular weight is 350 g/mol. The zero-order valence-electron chi connectivity index (χ0n) is 14.5. The van der Waals surface area contributed by atoms with Crippen molar-refractivity contribution in [2.24, 2.45) is 0 Å². The highest BCUT2D eigenvalue weighted by atomic mass is 16.6. The van der Waals surface area contributed by atoms with E-state index in [-0.39, 0.29) is 11.5 Å². The number of hydrogen-bond acceptors (Lipinski definition) is 5. The molecule has 5 heteroatoms. The number of rotatable bonds is 5. The van der Waals surface area contributed by atoms with E-state index in [1.807, 2.05) is 36.4 Å². The largest absolute Gasteiger partial charge is 0.479 e. The number of benzene rings is 2. The number of ketones is 1. The van der Waals surface area contributed by atoms with Crippen molar-refractivity contribution in [1.29, 1.82) is 0 Å². The number of fused-ring (bicyclic) bond motifs is 1. The summed E-state index contributed by atoms with van der Waals surface area (Å²) in [5.41, 5.74) is 1.49. The molecule has 0 N–H and O–H groups in total. The van der Waals surface area contributed by atoms with Crippen molar-refractivity contribution in [3.05, 3.63) is 77.6 Å². The zero-order valence-corrected chi connectivity index (χ0v) is 14.5. The highest BCUT2D eigenvalue weighted by Gasteiger charge is 2.27. The summed E-state index contributed by atoms with van der Waals surface area (Å²) >= 11 is 0. The highest BCUT2D eigenvalue weighted by molar-refractivity contribution is 6.12. The Morgan fingerprint density at radius 3 is 2.65 bits per heavy atom. The SMILES string of the molecule is COC(=O)[C@H](C)Oc1ccc2c(c1)O/C(=C\C=C\c1ccccc1)C2=O. The zero-order chi connectivity index (χ0) is 18.5. The first-order valence-electron chi connectivity index (χ1n) is 8.13. The number of carbonyl (C=O) groups is 2. The summed E-state index contributed by atoms with van der Waals surface area (Å²) in [5, 5.41) is 0. The molecule has 0 radical (unpaired) electrons. The van der Waals surface area contributed by atoms with Gasteiger partial charge in [-0.25, -0.2) is 4.79 Å². The van der Waals surface area contributed by atoms with E-state index in [2.05, 4.69) is 4.74 Å². The van der Waals surface area contributed by atoms with Crippen LogP contribution in [0.15, 0.2) is 66.4 Å². The van der Waals surface area contributed by atoms with Gasteiger partial charge in [-0.15, -0.1) is 0 Å². The first-order valence-corrected chi connectivity index (χ1v) is 8.13. The van der Waals surface area contributed by atoms with E-state index in [0.717, 1.165) is 5.56 Å². The van der Waals surface area contributed by atoms with Crippen LogP contribution in [0, 0.1) is 0 Å². The average Bonchev–Trinajstić information content (AvgIpc) is 2.97. The Balaban J connectivity index is 1.73. The molecule has 2 aromatic rings. The summed E-state index contributed by atoms with van der Waals surface area (Å²) in [5.74, 6) is 0.407. The highest BCUT2D eigenvalue weighted by Crippen LogP contribution is 2.34. The number of ether oxygens (including phenoxy) is 3. The fourth-order valence-corrected chi connectivity index (χ4v) is 2.48. The minimum atomic E-state index is -0.751. The van der Waals surface area contributed by atoms with Gasteiger partial charge in [0.2, 0.25) is 5.78 Å². The van der Waals surface area contributed by atoms with Crippen molar-refractivity contribution in [2.75, 3.05) is 7.11 Å². The molecule has 132 valence electrons. The lowest BCUT2D eigenvalue weighted by atomic mass is 10.1. The van der Waals surface area contributed by atoms with Crippen LogP contribution >= 0.6 is 0 Å². The number of Topliss-reactive ketones (excluding diaryl/α,β-unsaturated/α-hetero) is 1. The van der Waals surface area contributed by atoms with Gasteiger partial charge in [0.05, 0.1) is 12.7 Å². The van der Waals surface area contributed by atoms with Crippen molar-refractivity contribution >= 4 is 17.8 Å². The molecule has 1 atom stereocenters. The Hall–Kier alpha value is -3.34. The van der Waals surface area contributed by atoms with Gasteiger partial charge in [-0.05, 0) is 30.7 Å². The molecule has 1 heterocycles. The number of allylic oxidation sites excluding steroid dienone is 3. The Bertz CT molecular complexity index is 881. The van der Waals surface area contributed by atoms with Crippen molar-refractivity contribution in [2.45, 2.75) is 13.0 Å². The molecule has 1 aliphatic heterocycles. The summed E-state index contributed by atoms with van der Waals surface area (Å²) < 4.78 is 15.8. The summed E-state index contributed by atoms with van der Waals surface area (Å²) in [6.07, 6.45) is 4.54. The summed E-state index contributed by atoms with van der Waals surface area (Å²) in [6, 6.07) is 14.6. The van der Waals surface area contributed by atoms with Crippen LogP contribution in [0.1, 0.15) is 22.8 Å². The van der Waals surface area contributed by atoms with Gasteiger partial charge in [-0.3, -0.25) is 4.79 Å². The van der Waals surface area contributed by atoms with E-state index in [1.165, 1.54) is 7.11 Å². The fraction of sp³-hybridized carbons (Fsp3) is 0.143. The Labute approximate surface area is 151 Å². The maximum Gasteiger partial charge on any atom is 0.346 e. The van der Waals surface area contributed by atoms with Gasteiger partial charge in [0.15, 0.2) is 11.9 Å². The van der Waals surface area contributed by atoms with Crippen LogP contribution in [-0.4, -0.2) is 25.0 Å². The Morgan fingerprint density at radius 1 is 1.15 bits per heavy atom. The van der Waals surface area contributed by atoms with E-state index < -0.39 is 12.1 Å². The van der Waals surface area contributed by atoms with Crippen LogP contribution in [0.5, 0.6) is 11.5 Å². The monoisotopic (exact) mass is 350 g/mol. The van der Waals surface area contributed by atoms with Gasteiger partial charge in [-0.2, -0.15) is 0 Å². The number of esters is 1. The third-order valence-electron chi connectivity index (χ3n) is 3.82. The molecule has 1 aliphatic rings. The molecule has 0 saturated carbocycles. The van der Waals surface area contributed by atoms with E-state index in [9.17, 15) is 9.59 Å².